The Balaban J connectivity index is 1.59. The number of benzene rings is 2. The van der Waals surface area contributed by atoms with Crippen LogP contribution in [0.25, 0.3) is 0 Å². The average Bonchev–Trinajstić information content (AvgIpc) is 2.62. The van der Waals surface area contributed by atoms with Crippen LogP contribution < -0.4 is 20.9 Å². The van der Waals surface area contributed by atoms with Gasteiger partial charge in [-0.3, -0.25) is 4.79 Å². The topological polar surface area (TPSA) is 96.1 Å². The fraction of sp³-hybridized carbons (Fsp3) is 0.0556. The summed E-state index contributed by atoms with van der Waals surface area (Å²) in [7, 11) is 0. The third kappa shape index (κ3) is 4.61. The number of H-pyrrole nitrogens is 1. The van der Waals surface area contributed by atoms with E-state index in [9.17, 15) is 9.59 Å². The molecule has 0 fully saturated rings. The molecule has 0 radical (unpaired) electrons. The summed E-state index contributed by atoms with van der Waals surface area (Å²) in [6.07, 6.45) is 0. The zero-order valence-electron chi connectivity index (χ0n) is 13.7. The zero-order chi connectivity index (χ0) is 18.5. The van der Waals surface area contributed by atoms with Gasteiger partial charge >= 0.3 is 6.03 Å². The first kappa shape index (κ1) is 17.5. The molecule has 3 aromatic rings. The number of aryl methyl sites for hydroxylation is 1. The van der Waals surface area contributed by atoms with Crippen LogP contribution in [0.4, 0.5) is 16.2 Å². The van der Waals surface area contributed by atoms with Crippen molar-refractivity contribution in [3.63, 3.8) is 0 Å². The van der Waals surface area contributed by atoms with Crippen LogP contribution in [0.3, 0.4) is 0 Å². The highest BCUT2D eigenvalue weighted by atomic mass is 35.5. The van der Waals surface area contributed by atoms with Crippen molar-refractivity contribution < 1.29 is 9.53 Å². The van der Waals surface area contributed by atoms with Gasteiger partial charge < -0.3 is 15.4 Å². The Morgan fingerprint density at radius 1 is 1.04 bits per heavy atom. The Morgan fingerprint density at radius 2 is 1.73 bits per heavy atom. The van der Waals surface area contributed by atoms with E-state index in [-0.39, 0.29) is 17.5 Å². The first-order valence-corrected chi connectivity index (χ1v) is 8.05. The largest absolute Gasteiger partial charge is 0.438 e. The van der Waals surface area contributed by atoms with Crippen molar-refractivity contribution in [2.45, 2.75) is 6.92 Å². The summed E-state index contributed by atoms with van der Waals surface area (Å²) < 4.78 is 5.49. The molecule has 26 heavy (non-hydrogen) atoms. The number of aromatic nitrogens is 2. The molecule has 7 nitrogen and oxygen atoms in total. The highest BCUT2D eigenvalue weighted by Gasteiger charge is 2.05. The van der Waals surface area contributed by atoms with E-state index in [4.69, 9.17) is 16.3 Å². The first-order valence-electron chi connectivity index (χ1n) is 7.67. The quantitative estimate of drug-likeness (QED) is 0.642. The van der Waals surface area contributed by atoms with Gasteiger partial charge in [-0.1, -0.05) is 17.7 Å². The van der Waals surface area contributed by atoms with Crippen molar-refractivity contribution in [3.05, 3.63) is 75.5 Å². The predicted octanol–water partition coefficient (Wildman–Crippen LogP) is 4.17. The van der Waals surface area contributed by atoms with Crippen molar-refractivity contribution >= 4 is 29.0 Å². The molecule has 1 heterocycles. The maximum absolute atomic E-state index is 12.0. The van der Waals surface area contributed by atoms with Crippen molar-refractivity contribution in [1.29, 1.82) is 0 Å². The van der Waals surface area contributed by atoms with Gasteiger partial charge in [-0.25, -0.2) is 9.89 Å². The van der Waals surface area contributed by atoms with Crippen LogP contribution >= 0.6 is 11.6 Å². The second kappa shape index (κ2) is 7.71. The zero-order valence-corrected chi connectivity index (χ0v) is 14.5. The van der Waals surface area contributed by atoms with Crippen LogP contribution in [0.5, 0.6) is 11.6 Å². The fourth-order valence-corrected chi connectivity index (χ4v) is 2.26. The molecule has 2 amide bonds. The van der Waals surface area contributed by atoms with Crippen molar-refractivity contribution in [1.82, 2.24) is 10.2 Å². The van der Waals surface area contributed by atoms with E-state index in [1.807, 2.05) is 13.0 Å². The highest BCUT2D eigenvalue weighted by Crippen LogP contribution is 2.22. The van der Waals surface area contributed by atoms with Crippen LogP contribution in [0.15, 0.2) is 59.4 Å². The molecule has 132 valence electrons. The lowest BCUT2D eigenvalue weighted by atomic mass is 10.2. The summed E-state index contributed by atoms with van der Waals surface area (Å²) in [5.41, 5.74) is 1.81. The Bertz CT molecular complexity index is 966. The van der Waals surface area contributed by atoms with E-state index in [2.05, 4.69) is 20.8 Å². The van der Waals surface area contributed by atoms with Gasteiger partial charge in [-0.2, -0.15) is 0 Å². The molecule has 3 rings (SSSR count). The fourth-order valence-electron chi connectivity index (χ4n) is 2.08. The normalized spacial score (nSPS) is 10.2. The lowest BCUT2D eigenvalue weighted by molar-refractivity contribution is 0.262. The van der Waals surface area contributed by atoms with Gasteiger partial charge in [0.2, 0.25) is 5.88 Å². The molecule has 1 aromatic heterocycles. The summed E-state index contributed by atoms with van der Waals surface area (Å²) in [5.74, 6) is 0.778. The highest BCUT2D eigenvalue weighted by molar-refractivity contribution is 6.31. The van der Waals surface area contributed by atoms with E-state index in [0.717, 1.165) is 5.56 Å². The van der Waals surface area contributed by atoms with E-state index >= 15 is 0 Å². The minimum Gasteiger partial charge on any atom is -0.438 e. The summed E-state index contributed by atoms with van der Waals surface area (Å²) in [5, 5.41) is 12.0. The molecule has 0 aliphatic rings. The van der Waals surface area contributed by atoms with Crippen LogP contribution in [-0.2, 0) is 0 Å². The Kier molecular flexibility index (Phi) is 5.19. The molecular formula is C18H15ClN4O3. The molecule has 0 saturated heterocycles. The number of hydrogen-bond donors (Lipinski definition) is 3. The number of carbonyl (C=O) groups is 1. The predicted molar refractivity (Wildman–Crippen MR) is 100 cm³/mol. The maximum Gasteiger partial charge on any atom is 0.323 e. The standard InChI is InChI=1S/C18H15ClN4O3/c1-11-2-3-13(10-15(11)19)21-18(25)20-12-4-6-14(7-5-12)26-17-9-8-16(24)22-23-17/h2-10H,1H3,(H,22,24)(H2,20,21,25). The number of urea groups is 1. The minimum absolute atomic E-state index is 0.263. The van der Waals surface area contributed by atoms with Crippen LogP contribution in [0.1, 0.15) is 5.56 Å². The van der Waals surface area contributed by atoms with Gasteiger partial charge in [0.25, 0.3) is 5.56 Å². The van der Waals surface area contributed by atoms with E-state index in [0.29, 0.717) is 22.1 Å². The number of nitrogens with one attached hydrogen (secondary N) is 3. The number of halogens is 1. The van der Waals surface area contributed by atoms with Crippen LogP contribution in [-0.4, -0.2) is 16.2 Å². The molecule has 0 atom stereocenters. The molecular weight excluding hydrogens is 356 g/mol. The second-order valence-electron chi connectivity index (χ2n) is 5.43. The molecule has 8 heteroatoms. The number of rotatable bonds is 4. The lowest BCUT2D eigenvalue weighted by Crippen LogP contribution is -2.19. The lowest BCUT2D eigenvalue weighted by Gasteiger charge is -2.09. The van der Waals surface area contributed by atoms with Crippen molar-refractivity contribution in [3.8, 4) is 11.6 Å². The number of ether oxygens (including phenoxy) is 1. The molecule has 0 bridgehead atoms. The van der Waals surface area contributed by atoms with Crippen molar-refractivity contribution in [2.24, 2.45) is 0 Å². The smallest absolute Gasteiger partial charge is 0.323 e. The molecule has 3 N–H and O–H groups in total. The third-order valence-corrected chi connectivity index (χ3v) is 3.83. The van der Waals surface area contributed by atoms with Crippen LogP contribution in [0, 0.1) is 6.92 Å². The Hall–Kier alpha value is -3.32. The minimum atomic E-state index is -0.388. The summed E-state index contributed by atoms with van der Waals surface area (Å²) in [6, 6.07) is 14.4. The average molecular weight is 371 g/mol. The molecule has 0 saturated carbocycles. The number of amides is 2. The number of nitrogens with zero attached hydrogens (tertiary/aromatic N) is 1. The molecule has 0 aliphatic heterocycles. The first-order chi connectivity index (χ1) is 12.5. The summed E-state index contributed by atoms with van der Waals surface area (Å²) in [4.78, 5) is 23.0. The van der Waals surface area contributed by atoms with E-state index in [1.165, 1.54) is 12.1 Å². The number of carbonyl (C=O) groups excluding carboxylic acids is 1. The van der Waals surface area contributed by atoms with Gasteiger partial charge in [-0.15, -0.1) is 5.10 Å². The maximum atomic E-state index is 12.0. The van der Waals surface area contributed by atoms with Crippen LogP contribution in [0.2, 0.25) is 5.02 Å². The summed E-state index contributed by atoms with van der Waals surface area (Å²) in [6.45, 7) is 1.89. The third-order valence-electron chi connectivity index (χ3n) is 3.42. The van der Waals surface area contributed by atoms with Gasteiger partial charge in [0, 0.05) is 28.5 Å². The summed E-state index contributed by atoms with van der Waals surface area (Å²) >= 11 is 6.04. The molecule has 0 aliphatic carbocycles. The SMILES string of the molecule is Cc1ccc(NC(=O)Nc2ccc(Oc3ccc(=O)[nH]n3)cc2)cc1Cl. The molecule has 0 spiro atoms. The monoisotopic (exact) mass is 370 g/mol. The molecule has 2 aromatic carbocycles. The van der Waals surface area contributed by atoms with Gasteiger partial charge in [-0.05, 0) is 48.9 Å². The Morgan fingerprint density at radius 3 is 2.38 bits per heavy atom. The van der Waals surface area contributed by atoms with Gasteiger partial charge in [0.05, 0.1) is 0 Å². The van der Waals surface area contributed by atoms with Gasteiger partial charge in [0.1, 0.15) is 5.75 Å². The van der Waals surface area contributed by atoms with E-state index in [1.54, 1.807) is 36.4 Å². The Labute approximate surface area is 154 Å². The number of anilines is 2. The van der Waals surface area contributed by atoms with E-state index < -0.39 is 0 Å². The number of hydrogen-bond acceptors (Lipinski definition) is 4. The molecule has 0 unspecified atom stereocenters. The van der Waals surface area contributed by atoms with Gasteiger partial charge in [0.15, 0.2) is 0 Å². The number of aromatic amines is 1. The van der Waals surface area contributed by atoms with Crippen molar-refractivity contribution in [2.75, 3.05) is 10.6 Å². The second-order valence-corrected chi connectivity index (χ2v) is 5.84.